The number of ether oxygens (including phenoxy) is 7. The van der Waals surface area contributed by atoms with Gasteiger partial charge >= 0.3 is 0 Å². The van der Waals surface area contributed by atoms with E-state index in [1.165, 1.54) is 38.5 Å². The Balaban J connectivity index is 1.42. The summed E-state index contributed by atoms with van der Waals surface area (Å²) < 4.78 is 119. The van der Waals surface area contributed by atoms with E-state index in [0.29, 0.717) is 0 Å². The molecular formula is C48H64O15S2Si. The van der Waals surface area contributed by atoms with Gasteiger partial charge in [-0.1, -0.05) is 117 Å². The molecule has 0 saturated carbocycles. The van der Waals surface area contributed by atoms with Crippen LogP contribution in [0.5, 0.6) is 0 Å². The van der Waals surface area contributed by atoms with E-state index >= 15 is 0 Å². The van der Waals surface area contributed by atoms with E-state index in [0.717, 1.165) is 22.3 Å². The van der Waals surface area contributed by atoms with Gasteiger partial charge in [0.05, 0.1) is 36.2 Å². The predicted octanol–water partition coefficient (Wildman–Crippen LogP) is 6.83. The van der Waals surface area contributed by atoms with Crippen LogP contribution in [0.1, 0.15) is 43.0 Å². The van der Waals surface area contributed by atoms with Crippen LogP contribution in [-0.4, -0.2) is 119 Å². The second-order valence-corrected chi connectivity index (χ2v) is 26.0. The third-order valence-corrected chi connectivity index (χ3v) is 19.3. The Morgan fingerprint density at radius 3 is 1.44 bits per heavy atom. The topological polar surface area (TPSA) is 181 Å². The molecule has 0 spiro atoms. The van der Waals surface area contributed by atoms with Gasteiger partial charge in [0, 0.05) is 14.2 Å². The monoisotopic (exact) mass is 972 g/mol. The van der Waals surface area contributed by atoms with Gasteiger partial charge in [0.15, 0.2) is 33.1 Å². The molecule has 2 aliphatic rings. The number of rotatable bonds is 20. The van der Waals surface area contributed by atoms with Crippen LogP contribution in [0, 0.1) is 13.8 Å². The SMILES string of the molecule is CO[C@@H]1[C@H](OS(=O)(=O)c2ccc(C)cc2)[C@@H](O[C@H]2[C@H](OC)[C@H](OS(=O)(=O)c3ccc(C)cc3)[C@@H](O)O[C@@H]2COCc2ccccc2)O[C@H](COCc2ccccc2)[C@H]1O[Si](C)(C)C(C)(C)C. The van der Waals surface area contributed by atoms with Crippen LogP contribution in [0.15, 0.2) is 119 Å². The molecule has 0 aromatic heterocycles. The normalized spacial score (nSPS) is 26.6. The first-order valence-electron chi connectivity index (χ1n) is 21.8. The van der Waals surface area contributed by atoms with Gasteiger partial charge in [-0.15, -0.1) is 0 Å². The predicted molar refractivity (Wildman–Crippen MR) is 247 cm³/mol. The lowest BCUT2D eigenvalue weighted by Gasteiger charge is -2.51. The number of aliphatic hydroxyl groups excluding tert-OH is 1. The Labute approximate surface area is 390 Å². The fraction of sp³-hybridized carbons (Fsp3) is 0.500. The van der Waals surface area contributed by atoms with Crippen LogP contribution in [0.3, 0.4) is 0 Å². The smallest absolute Gasteiger partial charge is 0.297 e. The van der Waals surface area contributed by atoms with Crippen molar-refractivity contribution < 1.29 is 67.9 Å². The fourth-order valence-electron chi connectivity index (χ4n) is 7.42. The van der Waals surface area contributed by atoms with Crippen molar-refractivity contribution in [3.05, 3.63) is 131 Å². The maximum atomic E-state index is 14.3. The standard InChI is InChI=1S/C48H64O15S2Si/c1-32-20-24-36(25-21-32)64(50,51)61-44-42(54-6)40(38(58-46(44)49)30-56-28-34-16-12-10-13-17-34)60-47-45(62-65(52,53)37-26-22-33(2)23-27-37)43(55-7)41(63-66(8,9)48(3,4)5)39(59-47)31-57-29-35-18-14-11-15-19-35/h10-27,38-47,49H,28-31H2,1-9H3/t38-,39-,40-,41-,42+,43+,44+,45+,46+,47-/m1/s1. The molecule has 66 heavy (non-hydrogen) atoms. The number of benzene rings is 4. The Kier molecular flexibility index (Phi) is 17.6. The van der Waals surface area contributed by atoms with E-state index in [4.69, 9.17) is 46.0 Å². The number of hydrogen-bond acceptors (Lipinski definition) is 15. The number of methoxy groups -OCH3 is 2. The molecule has 10 atom stereocenters. The lowest BCUT2D eigenvalue weighted by Crippen LogP contribution is -2.67. The molecule has 2 aliphatic heterocycles. The van der Waals surface area contributed by atoms with Crippen molar-refractivity contribution in [1.29, 1.82) is 0 Å². The fourth-order valence-corrected chi connectivity index (χ4v) is 10.9. The zero-order chi connectivity index (χ0) is 47.9. The molecule has 15 nitrogen and oxygen atoms in total. The van der Waals surface area contributed by atoms with Crippen LogP contribution in [0.2, 0.25) is 18.1 Å². The van der Waals surface area contributed by atoms with Gasteiger partial charge < -0.3 is 42.7 Å². The third kappa shape index (κ3) is 13.0. The number of aryl methyl sites for hydroxylation is 2. The summed E-state index contributed by atoms with van der Waals surface area (Å²) in [6.45, 7) is 14.1. The van der Waals surface area contributed by atoms with Crippen molar-refractivity contribution in [2.24, 2.45) is 0 Å². The van der Waals surface area contributed by atoms with Crippen LogP contribution < -0.4 is 0 Å². The van der Waals surface area contributed by atoms with E-state index in [1.54, 1.807) is 24.3 Å². The van der Waals surface area contributed by atoms with E-state index in [9.17, 15) is 21.9 Å². The molecule has 0 aliphatic carbocycles. The molecule has 0 amide bonds. The summed E-state index contributed by atoms with van der Waals surface area (Å²) in [7, 11) is -9.05. The molecule has 0 bridgehead atoms. The average molecular weight is 973 g/mol. The third-order valence-electron chi connectivity index (χ3n) is 12.2. The molecule has 18 heteroatoms. The minimum Gasteiger partial charge on any atom is -0.408 e. The molecule has 4 aromatic rings. The quantitative estimate of drug-likeness (QED) is 0.0719. The van der Waals surface area contributed by atoms with Crippen LogP contribution >= 0.6 is 0 Å². The minimum absolute atomic E-state index is 0.0525. The minimum atomic E-state index is -4.56. The maximum absolute atomic E-state index is 14.3. The van der Waals surface area contributed by atoms with E-state index < -0.39 is 90.0 Å². The summed E-state index contributed by atoms with van der Waals surface area (Å²) in [6.07, 6.45) is -13.8. The van der Waals surface area contributed by atoms with Crippen LogP contribution in [0.25, 0.3) is 0 Å². The zero-order valence-corrected chi connectivity index (χ0v) is 41.6. The van der Waals surface area contributed by atoms with Crippen molar-refractivity contribution in [2.45, 2.75) is 137 Å². The largest absolute Gasteiger partial charge is 0.408 e. The lowest BCUT2D eigenvalue weighted by molar-refractivity contribution is -0.353. The zero-order valence-electron chi connectivity index (χ0n) is 39.0. The van der Waals surface area contributed by atoms with E-state index in [-0.39, 0.29) is 41.3 Å². The highest BCUT2D eigenvalue weighted by Gasteiger charge is 2.57. The summed E-state index contributed by atoms with van der Waals surface area (Å²) in [5, 5.41) is 11.2. The Hall–Kier alpha value is -3.44. The van der Waals surface area contributed by atoms with Gasteiger partial charge in [-0.25, -0.2) is 0 Å². The van der Waals surface area contributed by atoms with Crippen molar-refractivity contribution in [3.63, 3.8) is 0 Å². The van der Waals surface area contributed by atoms with Gasteiger partial charge in [-0.2, -0.15) is 16.8 Å². The average Bonchev–Trinajstić information content (AvgIpc) is 3.27. The lowest BCUT2D eigenvalue weighted by atomic mass is 9.96. The van der Waals surface area contributed by atoms with Gasteiger partial charge in [0.1, 0.15) is 36.6 Å². The first kappa shape index (κ1) is 51.9. The highest BCUT2D eigenvalue weighted by molar-refractivity contribution is 7.87. The second kappa shape index (κ2) is 22.3. The summed E-state index contributed by atoms with van der Waals surface area (Å²) in [5.74, 6) is 0. The Morgan fingerprint density at radius 2 is 1.00 bits per heavy atom. The van der Waals surface area contributed by atoms with E-state index in [2.05, 4.69) is 33.9 Å². The van der Waals surface area contributed by atoms with Gasteiger partial charge in [-0.3, -0.25) is 8.37 Å². The number of aliphatic hydroxyl groups is 1. The molecule has 4 aromatic carbocycles. The van der Waals surface area contributed by atoms with Crippen molar-refractivity contribution in [1.82, 2.24) is 0 Å². The Morgan fingerprint density at radius 1 is 0.576 bits per heavy atom. The first-order chi connectivity index (χ1) is 31.2. The maximum Gasteiger partial charge on any atom is 0.297 e. The van der Waals surface area contributed by atoms with Crippen LogP contribution in [0.4, 0.5) is 0 Å². The summed E-state index contributed by atoms with van der Waals surface area (Å²) >= 11 is 0. The highest BCUT2D eigenvalue weighted by atomic mass is 32.2. The Bertz CT molecular complexity index is 2350. The molecule has 1 N–H and O–H groups in total. The van der Waals surface area contributed by atoms with Gasteiger partial charge in [0.2, 0.25) is 0 Å². The van der Waals surface area contributed by atoms with E-state index in [1.807, 2.05) is 74.5 Å². The van der Waals surface area contributed by atoms with Crippen molar-refractivity contribution in [2.75, 3.05) is 27.4 Å². The summed E-state index contributed by atoms with van der Waals surface area (Å²) in [6, 6.07) is 31.1. The molecular weight excluding hydrogens is 909 g/mol. The molecule has 2 fully saturated rings. The summed E-state index contributed by atoms with van der Waals surface area (Å²) in [4.78, 5) is -0.293. The molecule has 0 radical (unpaired) electrons. The molecule has 0 unspecified atom stereocenters. The van der Waals surface area contributed by atoms with Crippen LogP contribution in [-0.2, 0) is 79.4 Å². The second-order valence-electron chi connectivity index (χ2n) is 18.1. The first-order valence-corrected chi connectivity index (χ1v) is 27.6. The number of hydrogen-bond donors (Lipinski definition) is 1. The van der Waals surface area contributed by atoms with Crippen molar-refractivity contribution >= 4 is 28.6 Å². The molecule has 2 saturated heterocycles. The van der Waals surface area contributed by atoms with Gasteiger partial charge in [0.25, 0.3) is 20.2 Å². The highest BCUT2D eigenvalue weighted by Crippen LogP contribution is 2.42. The molecule has 6 rings (SSSR count). The molecule has 362 valence electrons. The summed E-state index contributed by atoms with van der Waals surface area (Å²) in [5.41, 5.74) is 3.40. The van der Waals surface area contributed by atoms with Crippen molar-refractivity contribution in [3.8, 4) is 0 Å². The molecule has 2 heterocycles. The van der Waals surface area contributed by atoms with Gasteiger partial charge in [-0.05, 0) is 67.4 Å².